The van der Waals surface area contributed by atoms with Crippen molar-refractivity contribution in [2.24, 2.45) is 0 Å². The van der Waals surface area contributed by atoms with Gasteiger partial charge in [-0.1, -0.05) is 32.9 Å². The van der Waals surface area contributed by atoms with Gasteiger partial charge in [0.2, 0.25) is 5.88 Å². The van der Waals surface area contributed by atoms with Crippen LogP contribution in [-0.2, 0) is 11.8 Å². The zero-order chi connectivity index (χ0) is 27.6. The summed E-state index contributed by atoms with van der Waals surface area (Å²) in [4.78, 5) is 7.06. The molecule has 0 spiro atoms. The maximum Gasteiger partial charge on any atom is 0.213 e. The van der Waals surface area contributed by atoms with Crippen LogP contribution in [0.3, 0.4) is 0 Å². The second-order valence-electron chi connectivity index (χ2n) is 14.0. The standard InChI is InChI=1S/C33H52N4O/c1-9-24-10-12-28(13-11-24)37-19-15-26(23-37)36-33(7,8)17-16-32(5,6)25-14-18-34-30(20-25)38-29-21-27(22-29)35-31(2,3)4/h10-14,18,20,26-27,29,35-36H,9,15-17,19,21-23H2,1-8H3/t26?,27-,29-. The van der Waals surface area contributed by atoms with Crippen LogP contribution in [0, 0.1) is 0 Å². The first kappa shape index (κ1) is 28.9. The molecule has 2 fully saturated rings. The van der Waals surface area contributed by atoms with Crippen LogP contribution >= 0.6 is 0 Å². The third kappa shape index (κ3) is 7.95. The van der Waals surface area contributed by atoms with Gasteiger partial charge in [-0.15, -0.1) is 0 Å². The first-order chi connectivity index (χ1) is 17.8. The van der Waals surface area contributed by atoms with Crippen LogP contribution in [0.2, 0.25) is 0 Å². The Morgan fingerprint density at radius 3 is 2.29 bits per heavy atom. The third-order valence-electron chi connectivity index (χ3n) is 8.40. The summed E-state index contributed by atoms with van der Waals surface area (Å²) in [6, 6.07) is 14.5. The number of aryl methyl sites for hydroxylation is 1. The highest BCUT2D eigenvalue weighted by molar-refractivity contribution is 5.48. The minimum absolute atomic E-state index is 0.0542. The Morgan fingerprint density at radius 2 is 1.63 bits per heavy atom. The van der Waals surface area contributed by atoms with E-state index in [1.54, 1.807) is 0 Å². The lowest BCUT2D eigenvalue weighted by Gasteiger charge is -2.40. The van der Waals surface area contributed by atoms with Gasteiger partial charge in [-0.3, -0.25) is 0 Å². The van der Waals surface area contributed by atoms with Crippen LogP contribution in [-0.4, -0.2) is 47.3 Å². The lowest BCUT2D eigenvalue weighted by atomic mass is 9.78. The molecule has 1 saturated carbocycles. The molecule has 1 aliphatic heterocycles. The van der Waals surface area contributed by atoms with E-state index in [1.807, 2.05) is 6.20 Å². The first-order valence-corrected chi connectivity index (χ1v) is 14.8. The number of benzene rings is 1. The SMILES string of the molecule is CCc1ccc(N2CCC(NC(C)(C)CCC(C)(C)c3ccnc(O[C@H]4C[C@H](NC(C)(C)C)C4)c3)C2)cc1. The average molecular weight is 521 g/mol. The molecule has 5 heteroatoms. The smallest absolute Gasteiger partial charge is 0.213 e. The Balaban J connectivity index is 1.26. The average Bonchev–Trinajstić information content (AvgIpc) is 3.29. The molecule has 2 heterocycles. The molecule has 2 N–H and O–H groups in total. The molecule has 1 aliphatic carbocycles. The predicted molar refractivity (Wildman–Crippen MR) is 160 cm³/mol. The molecule has 4 rings (SSSR count). The van der Waals surface area contributed by atoms with Crippen molar-refractivity contribution in [3.05, 3.63) is 53.7 Å². The molecule has 1 aromatic heterocycles. The van der Waals surface area contributed by atoms with Gasteiger partial charge in [-0.2, -0.15) is 0 Å². The number of pyridine rings is 1. The summed E-state index contributed by atoms with van der Waals surface area (Å²) in [7, 11) is 0. The molecule has 1 aromatic carbocycles. The summed E-state index contributed by atoms with van der Waals surface area (Å²) in [6.45, 7) is 20.5. The molecule has 0 bridgehead atoms. The van der Waals surface area contributed by atoms with Gasteiger partial charge in [0.1, 0.15) is 6.10 Å². The van der Waals surface area contributed by atoms with Gasteiger partial charge >= 0.3 is 0 Å². The molecule has 38 heavy (non-hydrogen) atoms. The number of nitrogens with one attached hydrogen (secondary N) is 2. The van der Waals surface area contributed by atoms with E-state index < -0.39 is 0 Å². The van der Waals surface area contributed by atoms with Crippen molar-refractivity contribution >= 4 is 5.69 Å². The molecule has 1 unspecified atom stereocenters. The highest BCUT2D eigenvalue weighted by Gasteiger charge is 2.34. The van der Waals surface area contributed by atoms with E-state index in [9.17, 15) is 0 Å². The quantitative estimate of drug-likeness (QED) is 0.347. The summed E-state index contributed by atoms with van der Waals surface area (Å²) in [5.41, 5.74) is 4.35. The van der Waals surface area contributed by atoms with Gasteiger partial charge in [0.15, 0.2) is 0 Å². The van der Waals surface area contributed by atoms with Gasteiger partial charge < -0.3 is 20.3 Å². The number of ether oxygens (including phenoxy) is 1. The van der Waals surface area contributed by atoms with E-state index in [-0.39, 0.29) is 22.6 Å². The third-order valence-corrected chi connectivity index (χ3v) is 8.40. The van der Waals surface area contributed by atoms with E-state index in [0.29, 0.717) is 12.1 Å². The molecular formula is C33H52N4O. The van der Waals surface area contributed by atoms with Crippen LogP contribution < -0.4 is 20.3 Å². The predicted octanol–water partition coefficient (Wildman–Crippen LogP) is 6.65. The first-order valence-electron chi connectivity index (χ1n) is 14.8. The number of hydrogen-bond donors (Lipinski definition) is 2. The molecule has 1 atom stereocenters. The molecule has 210 valence electrons. The maximum absolute atomic E-state index is 6.26. The fraction of sp³-hybridized carbons (Fsp3) is 0.667. The van der Waals surface area contributed by atoms with E-state index in [0.717, 1.165) is 51.1 Å². The van der Waals surface area contributed by atoms with Gasteiger partial charge in [0.25, 0.3) is 0 Å². The summed E-state index contributed by atoms with van der Waals surface area (Å²) in [5.74, 6) is 0.769. The normalized spacial score (nSPS) is 22.4. The van der Waals surface area contributed by atoms with Crippen molar-refractivity contribution in [1.82, 2.24) is 15.6 Å². The second-order valence-corrected chi connectivity index (χ2v) is 14.0. The minimum atomic E-state index is 0.0542. The van der Waals surface area contributed by atoms with Gasteiger partial charge in [0.05, 0.1) is 0 Å². The molecule has 2 aliphatic rings. The largest absolute Gasteiger partial charge is 0.474 e. The minimum Gasteiger partial charge on any atom is -0.474 e. The van der Waals surface area contributed by atoms with Crippen LogP contribution in [0.4, 0.5) is 5.69 Å². The topological polar surface area (TPSA) is 49.4 Å². The number of anilines is 1. The molecule has 2 aromatic rings. The monoisotopic (exact) mass is 520 g/mol. The van der Waals surface area contributed by atoms with Gasteiger partial charge in [-0.05, 0) is 108 Å². The molecule has 1 saturated heterocycles. The lowest BCUT2D eigenvalue weighted by Crippen LogP contribution is -2.53. The van der Waals surface area contributed by atoms with Crippen molar-refractivity contribution in [2.75, 3.05) is 18.0 Å². The Morgan fingerprint density at radius 1 is 0.921 bits per heavy atom. The zero-order valence-electron chi connectivity index (χ0n) is 25.2. The Labute approximate surface area is 232 Å². The van der Waals surface area contributed by atoms with Crippen LogP contribution in [0.5, 0.6) is 5.88 Å². The van der Waals surface area contributed by atoms with E-state index in [2.05, 4.69) is 112 Å². The summed E-state index contributed by atoms with van der Waals surface area (Å²) < 4.78 is 6.26. The fourth-order valence-corrected chi connectivity index (χ4v) is 5.91. The Kier molecular flexibility index (Phi) is 8.78. The highest BCUT2D eigenvalue weighted by atomic mass is 16.5. The van der Waals surface area contributed by atoms with Crippen LogP contribution in [0.1, 0.15) is 98.6 Å². The molecule has 5 nitrogen and oxygen atoms in total. The summed E-state index contributed by atoms with van der Waals surface area (Å²) in [5, 5.41) is 7.66. The van der Waals surface area contributed by atoms with Crippen molar-refractivity contribution in [3.8, 4) is 5.88 Å². The van der Waals surface area contributed by atoms with Crippen molar-refractivity contribution in [2.45, 2.75) is 129 Å². The fourth-order valence-electron chi connectivity index (χ4n) is 5.91. The van der Waals surface area contributed by atoms with Crippen LogP contribution in [0.15, 0.2) is 42.6 Å². The molecule has 0 amide bonds. The number of aromatic nitrogens is 1. The van der Waals surface area contributed by atoms with Crippen molar-refractivity contribution < 1.29 is 4.74 Å². The lowest BCUT2D eigenvalue weighted by molar-refractivity contribution is 0.0692. The van der Waals surface area contributed by atoms with E-state index >= 15 is 0 Å². The van der Waals surface area contributed by atoms with Crippen molar-refractivity contribution in [3.63, 3.8) is 0 Å². The van der Waals surface area contributed by atoms with Crippen LogP contribution in [0.25, 0.3) is 0 Å². The number of rotatable bonds is 11. The summed E-state index contributed by atoms with van der Waals surface area (Å²) >= 11 is 0. The summed E-state index contributed by atoms with van der Waals surface area (Å²) in [6.07, 6.45) is 8.79. The van der Waals surface area contributed by atoms with E-state index in [4.69, 9.17) is 4.74 Å². The zero-order valence-corrected chi connectivity index (χ0v) is 25.2. The number of nitrogens with zero attached hydrogens (tertiary/aromatic N) is 2. The van der Waals surface area contributed by atoms with Gasteiger partial charge in [-0.25, -0.2) is 4.98 Å². The van der Waals surface area contributed by atoms with Crippen molar-refractivity contribution in [1.29, 1.82) is 0 Å². The second kappa shape index (κ2) is 11.6. The van der Waals surface area contributed by atoms with E-state index in [1.165, 1.54) is 23.2 Å². The molecule has 0 radical (unpaired) electrons. The number of hydrogen-bond acceptors (Lipinski definition) is 5. The highest BCUT2D eigenvalue weighted by Crippen LogP contribution is 2.34. The Bertz CT molecular complexity index is 1030. The van der Waals surface area contributed by atoms with Gasteiger partial charge in [0, 0.05) is 54.2 Å². The maximum atomic E-state index is 6.26. The molecular weight excluding hydrogens is 468 g/mol. The Hall–Kier alpha value is -2.11.